The Hall–Kier alpha value is -3.96. The zero-order chi connectivity index (χ0) is 33.3. The maximum atomic E-state index is 11.6. The summed E-state index contributed by atoms with van der Waals surface area (Å²) in [5.41, 5.74) is 2.45. The molecule has 4 N–H and O–H groups in total. The number of carboxylic acid groups (broad SMARTS) is 1. The van der Waals surface area contributed by atoms with Gasteiger partial charge in [-0.05, 0) is 37.1 Å². The first-order chi connectivity index (χ1) is 22.1. The SMILES string of the molecule is C[CH-]c1ccc(Cl)cn1.[CH2-]OC[CH-]N(CCNCc1nc2c(Cl)cc(C(=O)O)cc2n1CC1(CC#N)CC1)c1cccc(O)c1O.[Cm].[Er]. The largest absolute Gasteiger partial charge is 0.579 e. The number of aromatic hydroxyl groups is 2. The molecule has 11 nitrogen and oxygen atoms in total. The fourth-order valence-electron chi connectivity index (χ4n) is 4.90. The normalized spacial score (nSPS) is 12.5. The van der Waals surface area contributed by atoms with Crippen molar-refractivity contribution in [2.75, 3.05) is 24.6 Å². The Bertz CT molecular complexity index is 1700. The maximum Gasteiger partial charge on any atom is 0.335 e. The van der Waals surface area contributed by atoms with E-state index in [2.05, 4.69) is 23.5 Å². The second-order valence-corrected chi connectivity index (χ2v) is 11.7. The number of fused-ring (bicyclic) bond motifs is 1. The van der Waals surface area contributed by atoms with Crippen molar-refractivity contribution in [2.24, 2.45) is 5.41 Å². The number of phenolic OH excluding ortho intramolecular Hbond substituents is 2. The van der Waals surface area contributed by atoms with E-state index >= 15 is 0 Å². The number of carbonyl (C=O) groups is 1. The molecule has 0 saturated heterocycles. The quantitative estimate of drug-likeness (QED) is 0.0637. The summed E-state index contributed by atoms with van der Waals surface area (Å²) in [5, 5.41) is 43.2. The van der Waals surface area contributed by atoms with Gasteiger partial charge in [0, 0.05) is 80.0 Å². The van der Waals surface area contributed by atoms with Crippen molar-refractivity contribution in [1.82, 2.24) is 19.9 Å². The van der Waals surface area contributed by atoms with Crippen LogP contribution in [0.25, 0.3) is 11.0 Å². The summed E-state index contributed by atoms with van der Waals surface area (Å²) >= 11 is 12.0. The molecule has 15 heteroatoms. The zero-order valence-corrected chi connectivity index (χ0v) is 32.2. The van der Waals surface area contributed by atoms with Crippen LogP contribution in [-0.2, 0) is 17.8 Å². The molecule has 48 heavy (non-hydrogen) atoms. The number of ether oxygens (including phenoxy) is 1. The van der Waals surface area contributed by atoms with Crippen LogP contribution >= 0.6 is 23.2 Å². The van der Waals surface area contributed by atoms with Crippen molar-refractivity contribution in [3.8, 4) is 17.6 Å². The van der Waals surface area contributed by atoms with Gasteiger partial charge in [-0.3, -0.25) is 4.98 Å². The Morgan fingerprint density at radius 3 is 2.60 bits per heavy atom. The summed E-state index contributed by atoms with van der Waals surface area (Å²) in [4.78, 5) is 22.1. The Kier molecular flexibility index (Phi) is 15.5. The number of halogens is 2. The van der Waals surface area contributed by atoms with E-state index in [4.69, 9.17) is 32.9 Å². The van der Waals surface area contributed by atoms with E-state index in [9.17, 15) is 25.4 Å². The molecular formula is C33H35Cl2CmErN6O5-3. The van der Waals surface area contributed by atoms with Crippen LogP contribution in [0.2, 0.25) is 10.0 Å². The molecule has 1 fully saturated rings. The zero-order valence-electron chi connectivity index (χ0n) is 25.9. The summed E-state index contributed by atoms with van der Waals surface area (Å²) < 4.78 is 6.86. The van der Waals surface area contributed by atoms with E-state index in [1.54, 1.807) is 35.8 Å². The van der Waals surface area contributed by atoms with Gasteiger partial charge < -0.3 is 34.8 Å². The molecule has 0 bridgehead atoms. The summed E-state index contributed by atoms with van der Waals surface area (Å²) in [7, 11) is 3.37. The number of phenols is 2. The van der Waals surface area contributed by atoms with Gasteiger partial charge in [0.15, 0.2) is 11.5 Å². The standard InChI is InChI=1S/C26H28ClN5O5.C7H7ClN.Cm.Er/c1-37-12-11-31(19-3-2-4-21(33)24(19)34)10-9-29-15-22-30-23-18(27)13-17(25(35)36)14-20(23)32(22)16-26(5-6-26)7-8-28;1-2-7-4-3-6(8)5-9-7;;/h2-4,11,13-14,29,33-34H,1,5-7,9-10,12,15-16H2,(H,35,36);2-5H,1H3;;/q-2;-1;;. The van der Waals surface area contributed by atoms with Crippen molar-refractivity contribution in [3.05, 3.63) is 95.9 Å². The molecule has 1 aliphatic carbocycles. The number of para-hydroxylation sites is 1. The average molecular weight is 1080 g/mol. The Morgan fingerprint density at radius 2 is 2.00 bits per heavy atom. The number of imidazole rings is 1. The Labute approximate surface area is 313 Å². The summed E-state index contributed by atoms with van der Waals surface area (Å²) in [5.74, 6) is -0.856. The molecule has 2 aromatic carbocycles. The van der Waals surface area contributed by atoms with Crippen molar-refractivity contribution in [3.63, 3.8) is 0 Å². The van der Waals surface area contributed by atoms with E-state index in [0.717, 1.165) is 18.5 Å². The van der Waals surface area contributed by atoms with Crippen LogP contribution in [0.4, 0.5) is 5.69 Å². The molecule has 2 aromatic heterocycles. The minimum absolute atomic E-state index is 0. The number of pyridine rings is 1. The van der Waals surface area contributed by atoms with E-state index in [0.29, 0.717) is 60.2 Å². The fourth-order valence-corrected chi connectivity index (χ4v) is 5.27. The number of nitriles is 1. The Balaban J connectivity index is 0.000000632. The third-order valence-electron chi connectivity index (χ3n) is 7.61. The molecule has 0 unspecified atom stereocenters. The van der Waals surface area contributed by atoms with E-state index in [1.807, 2.05) is 30.0 Å². The topological polar surface area (TPSA) is 157 Å². The van der Waals surface area contributed by atoms with Gasteiger partial charge in [0.1, 0.15) is 11.3 Å². The summed E-state index contributed by atoms with van der Waals surface area (Å²) in [6, 6.07) is 13.6. The van der Waals surface area contributed by atoms with Gasteiger partial charge in [-0.25, -0.2) is 29.9 Å². The maximum absolute atomic E-state index is 11.6. The first-order valence-corrected chi connectivity index (χ1v) is 15.3. The smallest absolute Gasteiger partial charge is 0.335 e. The predicted molar refractivity (Wildman–Crippen MR) is 176 cm³/mol. The summed E-state index contributed by atoms with van der Waals surface area (Å²) in [6.45, 7) is 5.68. The molecule has 2 heterocycles. The minimum Gasteiger partial charge on any atom is -0.579 e. The number of aromatic carboxylic acids is 1. The molecule has 5 rings (SSSR count). The van der Waals surface area contributed by atoms with Crippen LogP contribution < -0.4 is 10.2 Å². The van der Waals surface area contributed by atoms with Gasteiger partial charge in [-0.2, -0.15) is 11.3 Å². The predicted octanol–water partition coefficient (Wildman–Crippen LogP) is 6.37. The van der Waals surface area contributed by atoms with Crippen LogP contribution in [0.1, 0.15) is 48.1 Å². The fraction of sp³-hybridized carbons (Fsp3) is 0.303. The van der Waals surface area contributed by atoms with Gasteiger partial charge in [-0.15, -0.1) is 19.6 Å². The number of hydrogen-bond donors (Lipinski definition) is 4. The molecule has 264 valence electrons. The molecule has 4 aromatic rings. The van der Waals surface area contributed by atoms with Crippen LogP contribution in [0.3, 0.4) is 0 Å². The Morgan fingerprint density at radius 1 is 1.25 bits per heavy atom. The average Bonchev–Trinajstić information content (AvgIpc) is 3.71. The number of aromatic nitrogens is 3. The minimum atomic E-state index is -1.08. The molecule has 0 spiro atoms. The molecule has 0 amide bonds. The molecule has 0 atom stereocenters. The first-order valence-electron chi connectivity index (χ1n) is 14.5. The van der Waals surface area contributed by atoms with E-state index < -0.39 is 5.97 Å². The number of carboxylic acids is 1. The van der Waals surface area contributed by atoms with Gasteiger partial charge in [0.05, 0.1) is 34.4 Å². The van der Waals surface area contributed by atoms with Crippen molar-refractivity contribution < 1.29 is 62.2 Å². The van der Waals surface area contributed by atoms with Crippen LogP contribution in [0.5, 0.6) is 11.5 Å². The van der Waals surface area contributed by atoms with Gasteiger partial charge in [-0.1, -0.05) is 35.0 Å². The third-order valence-corrected chi connectivity index (χ3v) is 8.12. The van der Waals surface area contributed by atoms with Crippen molar-refractivity contribution in [2.45, 2.75) is 39.3 Å². The van der Waals surface area contributed by atoms with Crippen molar-refractivity contribution >= 4 is 45.9 Å². The van der Waals surface area contributed by atoms with Crippen LogP contribution in [0, 0.1) is 74.1 Å². The second kappa shape index (κ2) is 18.5. The van der Waals surface area contributed by atoms with Crippen LogP contribution in [0.15, 0.2) is 48.7 Å². The number of nitrogens with one attached hydrogen (secondary N) is 1. The number of anilines is 1. The monoisotopic (exact) mass is 1070 g/mol. The number of benzene rings is 2. The van der Waals surface area contributed by atoms with Crippen molar-refractivity contribution in [1.29, 1.82) is 5.26 Å². The molecule has 0 aliphatic heterocycles. The van der Waals surface area contributed by atoms with Gasteiger partial charge >= 0.3 is 5.97 Å². The molecule has 1 aliphatic rings. The summed E-state index contributed by atoms with van der Waals surface area (Å²) in [6.07, 6.45) is 5.82. The number of rotatable bonds is 14. The second-order valence-electron chi connectivity index (χ2n) is 10.8. The van der Waals surface area contributed by atoms with Gasteiger partial charge in [0.2, 0.25) is 0 Å². The molecule has 0 radical (unpaired) electrons. The number of nitrogens with zero attached hydrogens (tertiary/aromatic N) is 5. The third kappa shape index (κ3) is 10.3. The van der Waals surface area contributed by atoms with E-state index in [-0.39, 0.29) is 71.4 Å². The van der Waals surface area contributed by atoms with Gasteiger partial charge in [0.25, 0.3) is 0 Å². The van der Waals surface area contributed by atoms with Crippen LogP contribution in [-0.4, -0.2) is 55.5 Å². The van der Waals surface area contributed by atoms with E-state index in [1.165, 1.54) is 12.1 Å². The number of hydrogen-bond acceptors (Lipinski definition) is 9. The first kappa shape index (κ1) is 40.2. The molecular weight excluding hydrogens is 1050 g/mol. The molecule has 1 saturated carbocycles.